The van der Waals surface area contributed by atoms with Gasteiger partial charge < -0.3 is 9.59 Å². The van der Waals surface area contributed by atoms with Crippen molar-refractivity contribution in [1.29, 1.82) is 0 Å². The number of allylic oxidation sites excluding steroid dienone is 2. The van der Waals surface area contributed by atoms with Gasteiger partial charge in [0.05, 0.1) is 0 Å². The van der Waals surface area contributed by atoms with Gasteiger partial charge in [0.25, 0.3) is 0 Å². The van der Waals surface area contributed by atoms with Crippen LogP contribution in [0.2, 0.25) is 0 Å². The van der Waals surface area contributed by atoms with Gasteiger partial charge in [-0.2, -0.15) is 0 Å². The fourth-order valence-electron chi connectivity index (χ4n) is 0.642. The van der Waals surface area contributed by atoms with Crippen molar-refractivity contribution < 1.29 is 9.59 Å². The third-order valence-corrected chi connectivity index (χ3v) is 1.27. The van der Waals surface area contributed by atoms with Crippen LogP contribution in [-0.4, -0.2) is 12.6 Å². The topological polar surface area (TPSA) is 34.1 Å². The van der Waals surface area contributed by atoms with Gasteiger partial charge in [-0.3, -0.25) is 0 Å². The molecule has 0 aliphatic heterocycles. The van der Waals surface area contributed by atoms with Crippen molar-refractivity contribution in [2.75, 3.05) is 0 Å². The predicted octanol–water partition coefficient (Wildman–Crippen LogP) is 1.36. The van der Waals surface area contributed by atoms with Crippen molar-refractivity contribution in [3.05, 3.63) is 12.2 Å². The zero-order valence-corrected chi connectivity index (χ0v) is 6.12. The molecule has 0 aliphatic rings. The van der Waals surface area contributed by atoms with Crippen molar-refractivity contribution in [1.82, 2.24) is 0 Å². The van der Waals surface area contributed by atoms with E-state index in [4.69, 9.17) is 0 Å². The van der Waals surface area contributed by atoms with Crippen molar-refractivity contribution in [3.8, 4) is 0 Å². The van der Waals surface area contributed by atoms with Gasteiger partial charge in [-0.25, -0.2) is 0 Å². The maximum Gasteiger partial charge on any atom is 0.123 e. The summed E-state index contributed by atoms with van der Waals surface area (Å²) in [5, 5.41) is 0. The van der Waals surface area contributed by atoms with Crippen molar-refractivity contribution in [2.24, 2.45) is 5.92 Å². The van der Waals surface area contributed by atoms with Crippen LogP contribution in [0, 0.1) is 5.92 Å². The Morgan fingerprint density at radius 1 is 1.30 bits per heavy atom. The molecule has 1 atom stereocenters. The molecule has 0 aromatic carbocycles. The average molecular weight is 140 g/mol. The summed E-state index contributed by atoms with van der Waals surface area (Å²) in [6.45, 7) is 1.89. The maximum absolute atomic E-state index is 10.2. The Bertz CT molecular complexity index is 127. The van der Waals surface area contributed by atoms with Gasteiger partial charge in [-0.05, 0) is 13.3 Å². The molecular weight excluding hydrogens is 128 g/mol. The largest absolute Gasteiger partial charge is 0.303 e. The summed E-state index contributed by atoms with van der Waals surface area (Å²) >= 11 is 0. The van der Waals surface area contributed by atoms with E-state index < -0.39 is 0 Å². The molecule has 0 rings (SSSR count). The summed E-state index contributed by atoms with van der Waals surface area (Å²) in [6, 6.07) is 0. The minimum Gasteiger partial charge on any atom is -0.303 e. The van der Waals surface area contributed by atoms with Crippen LogP contribution < -0.4 is 0 Å². The van der Waals surface area contributed by atoms with E-state index in [1.165, 1.54) is 0 Å². The first-order valence-corrected chi connectivity index (χ1v) is 3.35. The molecule has 0 N–H and O–H groups in total. The highest BCUT2D eigenvalue weighted by Crippen LogP contribution is 2.03. The molecule has 0 fully saturated rings. The van der Waals surface area contributed by atoms with Crippen LogP contribution in [0.1, 0.15) is 19.8 Å². The molecule has 0 radical (unpaired) electrons. The third kappa shape index (κ3) is 4.01. The Balaban J connectivity index is 3.58. The van der Waals surface area contributed by atoms with Gasteiger partial charge >= 0.3 is 0 Å². The Morgan fingerprint density at radius 3 is 2.40 bits per heavy atom. The number of rotatable bonds is 5. The normalized spacial score (nSPS) is 13.3. The van der Waals surface area contributed by atoms with Crippen molar-refractivity contribution in [3.63, 3.8) is 0 Å². The number of hydrogen-bond acceptors (Lipinski definition) is 2. The fourth-order valence-corrected chi connectivity index (χ4v) is 0.642. The van der Waals surface area contributed by atoms with E-state index in [2.05, 4.69) is 0 Å². The molecule has 0 bridgehead atoms. The molecule has 0 spiro atoms. The summed E-state index contributed by atoms with van der Waals surface area (Å²) < 4.78 is 0. The molecular formula is C8H12O2. The predicted molar refractivity (Wildman–Crippen MR) is 39.7 cm³/mol. The van der Waals surface area contributed by atoms with E-state index in [0.717, 1.165) is 12.6 Å². The second-order valence-electron chi connectivity index (χ2n) is 2.10. The van der Waals surface area contributed by atoms with E-state index in [1.807, 2.05) is 19.1 Å². The molecule has 1 unspecified atom stereocenters. The maximum atomic E-state index is 10.2. The third-order valence-electron chi connectivity index (χ3n) is 1.27. The van der Waals surface area contributed by atoms with Gasteiger partial charge in [0, 0.05) is 12.3 Å². The highest BCUT2D eigenvalue weighted by Gasteiger charge is 2.02. The van der Waals surface area contributed by atoms with Crippen molar-refractivity contribution >= 4 is 12.6 Å². The second-order valence-corrected chi connectivity index (χ2v) is 2.10. The molecule has 0 heterocycles. The van der Waals surface area contributed by atoms with Crippen LogP contribution in [0.5, 0.6) is 0 Å². The lowest BCUT2D eigenvalue weighted by Gasteiger charge is -1.98. The number of carbonyl (C=O) groups is 2. The van der Waals surface area contributed by atoms with Crippen LogP contribution in [0.3, 0.4) is 0 Å². The highest BCUT2D eigenvalue weighted by molar-refractivity contribution is 5.62. The molecule has 0 saturated heterocycles. The van der Waals surface area contributed by atoms with Crippen LogP contribution in [-0.2, 0) is 9.59 Å². The molecule has 0 amide bonds. The number of aldehydes is 2. The fraction of sp³-hybridized carbons (Fsp3) is 0.500. The standard InChI is InChI=1S/C8H12O2/c1-2-3-4-8(7-10)5-6-9/h2-3,6-8H,4-5H2,1H3. The first-order chi connectivity index (χ1) is 4.85. The summed E-state index contributed by atoms with van der Waals surface area (Å²) in [7, 11) is 0. The lowest BCUT2D eigenvalue weighted by atomic mass is 10.0. The molecule has 0 aromatic heterocycles. The van der Waals surface area contributed by atoms with E-state index >= 15 is 0 Å². The van der Waals surface area contributed by atoms with Crippen LogP contribution in [0.15, 0.2) is 12.2 Å². The second kappa shape index (κ2) is 6.20. The SMILES string of the molecule is CC=CCC(C=O)CC=O. The van der Waals surface area contributed by atoms with Crippen LogP contribution >= 0.6 is 0 Å². The minimum atomic E-state index is -0.117. The van der Waals surface area contributed by atoms with E-state index in [0.29, 0.717) is 12.8 Å². The van der Waals surface area contributed by atoms with E-state index in [1.54, 1.807) is 0 Å². The Morgan fingerprint density at radius 2 is 2.00 bits per heavy atom. The zero-order valence-electron chi connectivity index (χ0n) is 6.12. The minimum absolute atomic E-state index is 0.117. The zero-order chi connectivity index (χ0) is 7.82. The molecule has 56 valence electrons. The number of hydrogen-bond donors (Lipinski definition) is 0. The van der Waals surface area contributed by atoms with Gasteiger partial charge in [0.2, 0.25) is 0 Å². The Kier molecular flexibility index (Phi) is 5.63. The first kappa shape index (κ1) is 9.08. The summed E-state index contributed by atoms with van der Waals surface area (Å²) in [4.78, 5) is 20.2. The molecule has 0 saturated carbocycles. The first-order valence-electron chi connectivity index (χ1n) is 3.35. The van der Waals surface area contributed by atoms with E-state index in [9.17, 15) is 9.59 Å². The van der Waals surface area contributed by atoms with Gasteiger partial charge in [-0.1, -0.05) is 12.2 Å². The van der Waals surface area contributed by atoms with E-state index in [-0.39, 0.29) is 5.92 Å². The van der Waals surface area contributed by atoms with Crippen LogP contribution in [0.25, 0.3) is 0 Å². The molecule has 0 aromatic rings. The Labute approximate surface area is 60.9 Å². The van der Waals surface area contributed by atoms with Gasteiger partial charge in [0.1, 0.15) is 12.6 Å². The lowest BCUT2D eigenvalue weighted by molar-refractivity contribution is -0.115. The van der Waals surface area contributed by atoms with Crippen LogP contribution in [0.4, 0.5) is 0 Å². The number of carbonyl (C=O) groups excluding carboxylic acids is 2. The summed E-state index contributed by atoms with van der Waals surface area (Å²) in [5.74, 6) is -0.117. The average Bonchev–Trinajstić information content (AvgIpc) is 1.98. The lowest BCUT2D eigenvalue weighted by Crippen LogP contribution is -2.00. The molecule has 2 nitrogen and oxygen atoms in total. The smallest absolute Gasteiger partial charge is 0.123 e. The monoisotopic (exact) mass is 140 g/mol. The molecule has 2 heteroatoms. The summed E-state index contributed by atoms with van der Waals surface area (Å²) in [5.41, 5.74) is 0. The molecule has 0 aliphatic carbocycles. The quantitative estimate of drug-likeness (QED) is 0.426. The Hall–Kier alpha value is -0.920. The van der Waals surface area contributed by atoms with Gasteiger partial charge in [-0.15, -0.1) is 0 Å². The van der Waals surface area contributed by atoms with Crippen molar-refractivity contribution in [2.45, 2.75) is 19.8 Å². The highest BCUT2D eigenvalue weighted by atomic mass is 16.1. The summed E-state index contributed by atoms with van der Waals surface area (Å²) in [6.07, 6.45) is 6.40. The van der Waals surface area contributed by atoms with Gasteiger partial charge in [0.15, 0.2) is 0 Å². The molecule has 10 heavy (non-hydrogen) atoms.